The highest BCUT2D eigenvalue weighted by atomic mass is 16.5. The summed E-state index contributed by atoms with van der Waals surface area (Å²) in [5.41, 5.74) is 0.892. The van der Waals surface area contributed by atoms with E-state index in [2.05, 4.69) is 15.4 Å². The normalized spacial score (nSPS) is 15.8. The molecule has 0 unspecified atom stereocenters. The third kappa shape index (κ3) is 5.14. The maximum absolute atomic E-state index is 12.1. The van der Waals surface area contributed by atoms with Crippen molar-refractivity contribution in [2.45, 2.75) is 33.2 Å². The Hall–Kier alpha value is -1.89. The van der Waals surface area contributed by atoms with Gasteiger partial charge in [0.2, 0.25) is 11.8 Å². The van der Waals surface area contributed by atoms with Crippen molar-refractivity contribution in [1.29, 1.82) is 0 Å². The summed E-state index contributed by atoms with van der Waals surface area (Å²) in [6, 6.07) is 1.94. The van der Waals surface area contributed by atoms with Gasteiger partial charge in [-0.1, -0.05) is 5.16 Å². The van der Waals surface area contributed by atoms with E-state index in [4.69, 9.17) is 4.52 Å². The standard InChI is InChI=1S/C15H24N4O3/c1-12-10-14(22-17-12)11-18-6-8-19(9-7-18)15(21)4-3-5-16-13(2)20/h10H,3-9,11H2,1-2H3,(H,16,20). The van der Waals surface area contributed by atoms with Crippen LogP contribution in [0, 0.1) is 6.92 Å². The number of hydrogen-bond donors (Lipinski definition) is 1. The van der Waals surface area contributed by atoms with Gasteiger partial charge in [0.25, 0.3) is 0 Å². The molecule has 0 spiro atoms. The number of amides is 2. The molecule has 0 bridgehead atoms. The Kier molecular flexibility index (Phi) is 5.94. The minimum atomic E-state index is -0.0521. The highest BCUT2D eigenvalue weighted by molar-refractivity contribution is 5.76. The molecule has 1 N–H and O–H groups in total. The molecule has 1 fully saturated rings. The molecule has 2 amide bonds. The first-order valence-electron chi connectivity index (χ1n) is 7.71. The zero-order valence-electron chi connectivity index (χ0n) is 13.3. The van der Waals surface area contributed by atoms with E-state index in [9.17, 15) is 9.59 Å². The molecule has 22 heavy (non-hydrogen) atoms. The molecule has 0 aliphatic carbocycles. The van der Waals surface area contributed by atoms with Crippen LogP contribution < -0.4 is 5.32 Å². The van der Waals surface area contributed by atoms with E-state index in [0.29, 0.717) is 19.4 Å². The maximum atomic E-state index is 12.1. The molecule has 0 radical (unpaired) electrons. The predicted molar refractivity (Wildman–Crippen MR) is 81.0 cm³/mol. The number of rotatable bonds is 6. The van der Waals surface area contributed by atoms with E-state index < -0.39 is 0 Å². The fourth-order valence-corrected chi connectivity index (χ4v) is 2.53. The Morgan fingerprint density at radius 2 is 2.05 bits per heavy atom. The van der Waals surface area contributed by atoms with Crippen molar-refractivity contribution in [3.63, 3.8) is 0 Å². The van der Waals surface area contributed by atoms with Gasteiger partial charge in [-0.3, -0.25) is 14.5 Å². The topological polar surface area (TPSA) is 78.7 Å². The van der Waals surface area contributed by atoms with Crippen LogP contribution in [0.5, 0.6) is 0 Å². The first-order chi connectivity index (χ1) is 10.5. The summed E-state index contributed by atoms with van der Waals surface area (Å²) < 4.78 is 5.22. The fraction of sp³-hybridized carbons (Fsp3) is 0.667. The zero-order valence-corrected chi connectivity index (χ0v) is 13.3. The average Bonchev–Trinajstić information content (AvgIpc) is 2.89. The van der Waals surface area contributed by atoms with Crippen LogP contribution in [-0.4, -0.2) is 59.5 Å². The molecule has 1 saturated heterocycles. The van der Waals surface area contributed by atoms with Gasteiger partial charge in [0, 0.05) is 52.1 Å². The summed E-state index contributed by atoms with van der Waals surface area (Å²) in [7, 11) is 0. The van der Waals surface area contributed by atoms with Gasteiger partial charge in [-0.2, -0.15) is 0 Å². The van der Waals surface area contributed by atoms with E-state index in [0.717, 1.165) is 44.2 Å². The average molecular weight is 308 g/mol. The lowest BCUT2D eigenvalue weighted by molar-refractivity contribution is -0.133. The number of aryl methyl sites for hydroxylation is 1. The lowest BCUT2D eigenvalue weighted by Gasteiger charge is -2.34. The molecule has 1 aliphatic heterocycles. The summed E-state index contributed by atoms with van der Waals surface area (Å²) >= 11 is 0. The number of nitrogens with one attached hydrogen (secondary N) is 1. The van der Waals surface area contributed by atoms with Gasteiger partial charge < -0.3 is 14.7 Å². The zero-order chi connectivity index (χ0) is 15.9. The lowest BCUT2D eigenvalue weighted by atomic mass is 10.2. The van der Waals surface area contributed by atoms with Gasteiger partial charge >= 0.3 is 0 Å². The van der Waals surface area contributed by atoms with Gasteiger partial charge in [0.1, 0.15) is 0 Å². The Labute approximate surface area is 130 Å². The summed E-state index contributed by atoms with van der Waals surface area (Å²) in [5, 5.41) is 6.59. The SMILES string of the molecule is CC(=O)NCCCC(=O)N1CCN(Cc2cc(C)no2)CC1. The van der Waals surface area contributed by atoms with E-state index in [1.807, 2.05) is 17.9 Å². The molecule has 1 aromatic heterocycles. The number of hydrogen-bond acceptors (Lipinski definition) is 5. The monoisotopic (exact) mass is 308 g/mol. The largest absolute Gasteiger partial charge is 0.360 e. The van der Waals surface area contributed by atoms with Gasteiger partial charge in [0.05, 0.1) is 12.2 Å². The first-order valence-corrected chi connectivity index (χ1v) is 7.71. The minimum absolute atomic E-state index is 0.0521. The van der Waals surface area contributed by atoms with Crippen LogP contribution >= 0.6 is 0 Å². The van der Waals surface area contributed by atoms with E-state index in [1.165, 1.54) is 6.92 Å². The Morgan fingerprint density at radius 3 is 2.64 bits per heavy atom. The van der Waals surface area contributed by atoms with Crippen molar-refractivity contribution < 1.29 is 14.1 Å². The molecule has 0 atom stereocenters. The molecular formula is C15H24N4O3. The van der Waals surface area contributed by atoms with Crippen LogP contribution in [0.3, 0.4) is 0 Å². The van der Waals surface area contributed by atoms with Crippen molar-refractivity contribution >= 4 is 11.8 Å². The van der Waals surface area contributed by atoms with Gasteiger partial charge in [-0.25, -0.2) is 0 Å². The van der Waals surface area contributed by atoms with E-state index in [1.54, 1.807) is 0 Å². The van der Waals surface area contributed by atoms with Crippen LogP contribution in [-0.2, 0) is 16.1 Å². The number of carbonyl (C=O) groups is 2. The third-order valence-electron chi connectivity index (χ3n) is 3.72. The number of piperazine rings is 1. The molecule has 7 nitrogen and oxygen atoms in total. The number of carbonyl (C=O) groups excluding carboxylic acids is 2. The van der Waals surface area contributed by atoms with Crippen LogP contribution in [0.25, 0.3) is 0 Å². The molecule has 2 rings (SSSR count). The van der Waals surface area contributed by atoms with Crippen molar-refractivity contribution in [3.05, 3.63) is 17.5 Å². The third-order valence-corrected chi connectivity index (χ3v) is 3.72. The Bertz CT molecular complexity index is 507. The summed E-state index contributed by atoms with van der Waals surface area (Å²) in [6.07, 6.45) is 1.18. The van der Waals surface area contributed by atoms with Gasteiger partial charge in [-0.05, 0) is 13.3 Å². The van der Waals surface area contributed by atoms with Gasteiger partial charge in [0.15, 0.2) is 5.76 Å². The van der Waals surface area contributed by atoms with Crippen molar-refractivity contribution in [2.24, 2.45) is 0 Å². The second kappa shape index (κ2) is 7.93. The molecule has 1 aromatic rings. The highest BCUT2D eigenvalue weighted by Crippen LogP contribution is 2.10. The molecule has 122 valence electrons. The minimum Gasteiger partial charge on any atom is -0.360 e. The molecular weight excluding hydrogens is 284 g/mol. The maximum Gasteiger partial charge on any atom is 0.222 e. The van der Waals surface area contributed by atoms with Gasteiger partial charge in [-0.15, -0.1) is 0 Å². The number of aromatic nitrogens is 1. The Morgan fingerprint density at radius 1 is 1.32 bits per heavy atom. The predicted octanol–water partition coefficient (Wildman–Crippen LogP) is 0.544. The van der Waals surface area contributed by atoms with Crippen LogP contribution in [0.2, 0.25) is 0 Å². The molecule has 0 saturated carbocycles. The molecule has 1 aliphatic rings. The smallest absolute Gasteiger partial charge is 0.222 e. The van der Waals surface area contributed by atoms with Crippen LogP contribution in [0.15, 0.2) is 10.6 Å². The van der Waals surface area contributed by atoms with E-state index in [-0.39, 0.29) is 11.8 Å². The molecule has 0 aromatic carbocycles. The highest BCUT2D eigenvalue weighted by Gasteiger charge is 2.21. The summed E-state index contributed by atoms with van der Waals surface area (Å²) in [5.74, 6) is 0.983. The summed E-state index contributed by atoms with van der Waals surface area (Å²) in [4.78, 5) is 27.0. The van der Waals surface area contributed by atoms with Crippen molar-refractivity contribution in [2.75, 3.05) is 32.7 Å². The fourth-order valence-electron chi connectivity index (χ4n) is 2.53. The molecule has 2 heterocycles. The first kappa shape index (κ1) is 16.5. The lowest BCUT2D eigenvalue weighted by Crippen LogP contribution is -2.48. The second-order valence-corrected chi connectivity index (χ2v) is 5.68. The van der Waals surface area contributed by atoms with Crippen molar-refractivity contribution in [1.82, 2.24) is 20.3 Å². The number of nitrogens with zero attached hydrogens (tertiary/aromatic N) is 3. The van der Waals surface area contributed by atoms with Crippen LogP contribution in [0.1, 0.15) is 31.2 Å². The molecule has 7 heteroatoms. The quantitative estimate of drug-likeness (QED) is 0.776. The summed E-state index contributed by atoms with van der Waals surface area (Å²) in [6.45, 7) is 7.87. The van der Waals surface area contributed by atoms with Crippen LogP contribution in [0.4, 0.5) is 0 Å². The van der Waals surface area contributed by atoms with Crippen molar-refractivity contribution in [3.8, 4) is 0 Å². The Balaban J connectivity index is 1.65. The van der Waals surface area contributed by atoms with E-state index >= 15 is 0 Å². The second-order valence-electron chi connectivity index (χ2n) is 5.68.